The first-order valence-corrected chi connectivity index (χ1v) is 11.2. The number of ether oxygens (including phenoxy) is 2. The van der Waals surface area contributed by atoms with Gasteiger partial charge in [0.05, 0.1) is 26.8 Å². The lowest BCUT2D eigenvalue weighted by molar-refractivity contribution is 0.194. The van der Waals surface area contributed by atoms with Crippen LogP contribution in [0.4, 0.5) is 4.39 Å². The monoisotopic (exact) mass is 459 g/mol. The molecule has 0 aliphatic carbocycles. The van der Waals surface area contributed by atoms with Gasteiger partial charge in [-0.15, -0.1) is 5.10 Å². The number of tetrazole rings is 1. The maximum Gasteiger partial charge on any atom is 0.173 e. The third-order valence-electron chi connectivity index (χ3n) is 6.30. The third kappa shape index (κ3) is 4.36. The van der Waals surface area contributed by atoms with Gasteiger partial charge in [-0.25, -0.2) is 9.07 Å². The van der Waals surface area contributed by atoms with Crippen molar-refractivity contribution in [2.75, 3.05) is 20.8 Å². The average molecular weight is 460 g/mol. The number of hydrogen-bond donors (Lipinski definition) is 0. The van der Waals surface area contributed by atoms with E-state index in [0.717, 1.165) is 36.5 Å². The normalized spacial score (nSPS) is 14.4. The maximum absolute atomic E-state index is 13.4. The number of benzene rings is 3. The topological polar surface area (TPSA) is 65.3 Å². The Hall–Kier alpha value is -3.78. The molecule has 1 atom stereocenters. The molecule has 0 radical (unpaired) electrons. The molecule has 8 heteroatoms. The summed E-state index contributed by atoms with van der Waals surface area (Å²) >= 11 is 0. The van der Waals surface area contributed by atoms with Gasteiger partial charge in [-0.3, -0.25) is 4.90 Å². The van der Waals surface area contributed by atoms with Crippen molar-refractivity contribution in [3.8, 4) is 11.5 Å². The Morgan fingerprint density at radius 1 is 0.941 bits per heavy atom. The zero-order valence-corrected chi connectivity index (χ0v) is 19.2. The van der Waals surface area contributed by atoms with E-state index >= 15 is 0 Å². The Bertz CT molecular complexity index is 1270. The van der Waals surface area contributed by atoms with Gasteiger partial charge in [0, 0.05) is 13.1 Å². The molecule has 5 rings (SSSR count). The van der Waals surface area contributed by atoms with E-state index in [2.05, 4.69) is 44.7 Å². The second-order valence-electron chi connectivity index (χ2n) is 8.33. The molecule has 0 amide bonds. The second-order valence-corrected chi connectivity index (χ2v) is 8.33. The van der Waals surface area contributed by atoms with Crippen molar-refractivity contribution < 1.29 is 13.9 Å². The summed E-state index contributed by atoms with van der Waals surface area (Å²) in [6, 6.07) is 20.7. The number of halogens is 1. The highest BCUT2D eigenvalue weighted by atomic mass is 19.1. The number of hydrogen-bond acceptors (Lipinski definition) is 6. The molecule has 34 heavy (non-hydrogen) atoms. The minimum atomic E-state index is -0.268. The van der Waals surface area contributed by atoms with Gasteiger partial charge in [0.15, 0.2) is 17.3 Å². The first-order valence-electron chi connectivity index (χ1n) is 11.2. The summed E-state index contributed by atoms with van der Waals surface area (Å²) in [5.74, 6) is 1.77. The molecule has 0 bridgehead atoms. The van der Waals surface area contributed by atoms with Gasteiger partial charge in [0.1, 0.15) is 5.82 Å². The van der Waals surface area contributed by atoms with Crippen LogP contribution < -0.4 is 9.47 Å². The lowest BCUT2D eigenvalue weighted by Gasteiger charge is -2.35. The van der Waals surface area contributed by atoms with E-state index in [-0.39, 0.29) is 11.9 Å². The molecule has 0 fully saturated rings. The molecule has 4 aromatic rings. The summed E-state index contributed by atoms with van der Waals surface area (Å²) in [4.78, 5) is 2.39. The van der Waals surface area contributed by atoms with Crippen molar-refractivity contribution >= 4 is 0 Å². The average Bonchev–Trinajstić information content (AvgIpc) is 3.32. The molecule has 174 valence electrons. The summed E-state index contributed by atoms with van der Waals surface area (Å²) in [6.45, 7) is 2.08. The number of aromatic nitrogens is 4. The van der Waals surface area contributed by atoms with Crippen molar-refractivity contribution in [1.82, 2.24) is 25.1 Å². The van der Waals surface area contributed by atoms with E-state index in [1.807, 2.05) is 18.2 Å². The first-order chi connectivity index (χ1) is 16.7. The minimum Gasteiger partial charge on any atom is -0.493 e. The number of methoxy groups -OCH3 is 2. The van der Waals surface area contributed by atoms with E-state index in [9.17, 15) is 4.39 Å². The maximum atomic E-state index is 13.4. The summed E-state index contributed by atoms with van der Waals surface area (Å²) < 4.78 is 26.2. The fraction of sp³-hybridized carbons (Fsp3) is 0.269. The van der Waals surface area contributed by atoms with Crippen LogP contribution in [0.1, 0.15) is 34.1 Å². The quantitative estimate of drug-likeness (QED) is 0.416. The van der Waals surface area contributed by atoms with Crippen LogP contribution in [0.3, 0.4) is 0 Å². The Balaban J connectivity index is 1.56. The van der Waals surface area contributed by atoms with Crippen molar-refractivity contribution in [1.29, 1.82) is 0 Å². The third-order valence-corrected chi connectivity index (χ3v) is 6.30. The molecule has 2 heterocycles. The zero-order chi connectivity index (χ0) is 23.5. The molecule has 1 aliphatic rings. The zero-order valence-electron chi connectivity index (χ0n) is 19.2. The van der Waals surface area contributed by atoms with Gasteiger partial charge >= 0.3 is 0 Å². The van der Waals surface area contributed by atoms with Crippen LogP contribution in [0.2, 0.25) is 0 Å². The highest BCUT2D eigenvalue weighted by Crippen LogP contribution is 2.36. The molecule has 7 nitrogen and oxygen atoms in total. The second kappa shape index (κ2) is 9.61. The summed E-state index contributed by atoms with van der Waals surface area (Å²) in [5.41, 5.74) is 4.60. The van der Waals surface area contributed by atoms with Crippen LogP contribution in [-0.2, 0) is 19.5 Å². The van der Waals surface area contributed by atoms with Crippen molar-refractivity contribution in [2.45, 2.75) is 25.6 Å². The van der Waals surface area contributed by atoms with Crippen LogP contribution in [-0.4, -0.2) is 45.9 Å². The van der Waals surface area contributed by atoms with Crippen molar-refractivity contribution in [2.24, 2.45) is 0 Å². The SMILES string of the molecule is COc1ccc([C@@H](c2nnnn2Cc2ccc(F)cc2)N2CCc3ccccc3C2)cc1OC. The van der Waals surface area contributed by atoms with Crippen molar-refractivity contribution in [3.05, 3.63) is 101 Å². The smallest absolute Gasteiger partial charge is 0.173 e. The predicted octanol–water partition coefficient (Wildman–Crippen LogP) is 4.03. The van der Waals surface area contributed by atoms with Gasteiger partial charge < -0.3 is 9.47 Å². The molecule has 0 saturated carbocycles. The highest BCUT2D eigenvalue weighted by molar-refractivity contribution is 5.45. The molecule has 1 aliphatic heterocycles. The van der Waals surface area contributed by atoms with Crippen LogP contribution in [0.15, 0.2) is 66.7 Å². The Kier molecular flexibility index (Phi) is 6.22. The molecular weight excluding hydrogens is 433 g/mol. The summed E-state index contributed by atoms with van der Waals surface area (Å²) in [6.07, 6.45) is 0.944. The van der Waals surface area contributed by atoms with E-state index in [0.29, 0.717) is 18.0 Å². The standard InChI is InChI=1S/C26H26FN5O2/c1-33-23-12-9-20(15-24(23)34-2)25(31-14-13-19-5-3-4-6-21(19)17-31)26-28-29-30-32(26)16-18-7-10-22(27)11-8-18/h3-12,15,25H,13-14,16-17H2,1-2H3/t25-/m0/s1. The van der Waals surface area contributed by atoms with Gasteiger partial charge in [0.2, 0.25) is 0 Å². The molecule has 0 N–H and O–H groups in total. The highest BCUT2D eigenvalue weighted by Gasteiger charge is 2.31. The largest absolute Gasteiger partial charge is 0.493 e. The predicted molar refractivity (Wildman–Crippen MR) is 125 cm³/mol. The fourth-order valence-electron chi connectivity index (χ4n) is 4.57. The van der Waals surface area contributed by atoms with Crippen LogP contribution >= 0.6 is 0 Å². The Morgan fingerprint density at radius 2 is 1.71 bits per heavy atom. The van der Waals surface area contributed by atoms with Crippen molar-refractivity contribution in [3.63, 3.8) is 0 Å². The van der Waals surface area contributed by atoms with E-state index in [1.165, 1.54) is 23.3 Å². The lowest BCUT2D eigenvalue weighted by atomic mass is 9.95. The Labute approximate surface area is 197 Å². The van der Waals surface area contributed by atoms with Crippen LogP contribution in [0.5, 0.6) is 11.5 Å². The molecule has 1 aromatic heterocycles. The van der Waals surface area contributed by atoms with E-state index < -0.39 is 0 Å². The lowest BCUT2D eigenvalue weighted by Crippen LogP contribution is -2.36. The fourth-order valence-corrected chi connectivity index (χ4v) is 4.57. The summed E-state index contributed by atoms with van der Waals surface area (Å²) in [5, 5.41) is 12.7. The number of nitrogens with zero attached hydrogens (tertiary/aromatic N) is 5. The molecular formula is C26H26FN5O2. The molecule has 0 unspecified atom stereocenters. The molecule has 0 spiro atoms. The van der Waals surface area contributed by atoms with Gasteiger partial charge in [-0.1, -0.05) is 42.5 Å². The minimum absolute atomic E-state index is 0.205. The number of rotatable bonds is 7. The van der Waals surface area contributed by atoms with Gasteiger partial charge in [0.25, 0.3) is 0 Å². The molecule has 3 aromatic carbocycles. The summed E-state index contributed by atoms with van der Waals surface area (Å²) in [7, 11) is 3.26. The van der Waals surface area contributed by atoms with E-state index in [1.54, 1.807) is 31.0 Å². The molecule has 0 saturated heterocycles. The van der Waals surface area contributed by atoms with Gasteiger partial charge in [-0.2, -0.15) is 0 Å². The van der Waals surface area contributed by atoms with Crippen LogP contribution in [0, 0.1) is 5.82 Å². The first kappa shape index (κ1) is 22.0. The Morgan fingerprint density at radius 3 is 2.47 bits per heavy atom. The van der Waals surface area contributed by atoms with E-state index in [4.69, 9.17) is 9.47 Å². The van der Waals surface area contributed by atoms with Gasteiger partial charge in [-0.05, 0) is 63.4 Å². The van der Waals surface area contributed by atoms with Crippen LogP contribution in [0.25, 0.3) is 0 Å². The number of fused-ring (bicyclic) bond motifs is 1.